The Morgan fingerprint density at radius 2 is 1.94 bits per heavy atom. The van der Waals surface area contributed by atoms with Crippen LogP contribution in [0.25, 0.3) is 0 Å². The molecule has 0 N–H and O–H groups in total. The van der Waals surface area contributed by atoms with Crippen molar-refractivity contribution in [1.29, 1.82) is 0 Å². The van der Waals surface area contributed by atoms with Crippen molar-refractivity contribution in [3.05, 3.63) is 18.2 Å². The highest BCUT2D eigenvalue weighted by Gasteiger charge is 2.13. The van der Waals surface area contributed by atoms with Crippen LogP contribution >= 0.6 is 0 Å². The van der Waals surface area contributed by atoms with E-state index >= 15 is 0 Å². The lowest BCUT2D eigenvalue weighted by atomic mass is 10.3. The van der Waals surface area contributed by atoms with Gasteiger partial charge in [0.05, 0.1) is 0 Å². The molecule has 0 radical (unpaired) electrons. The van der Waals surface area contributed by atoms with Gasteiger partial charge in [-0.1, -0.05) is 6.92 Å². The van der Waals surface area contributed by atoms with E-state index < -0.39 is 0 Å². The predicted molar refractivity (Wildman–Crippen MR) is 65.5 cm³/mol. The third-order valence-corrected chi connectivity index (χ3v) is 3.37. The Labute approximate surface area is 97.9 Å². The van der Waals surface area contributed by atoms with E-state index in [4.69, 9.17) is 0 Å². The first-order valence-electron chi connectivity index (χ1n) is 6.20. The average Bonchev–Trinajstić information content (AvgIpc) is 2.76. The van der Waals surface area contributed by atoms with E-state index in [9.17, 15) is 0 Å². The molecule has 0 spiro atoms. The Hall–Kier alpha value is -0.870. The van der Waals surface area contributed by atoms with Crippen LogP contribution in [0.2, 0.25) is 0 Å². The van der Waals surface area contributed by atoms with Gasteiger partial charge in [0.25, 0.3) is 0 Å². The minimum atomic E-state index is 1.02. The van der Waals surface area contributed by atoms with E-state index in [1.807, 2.05) is 6.20 Å². The zero-order valence-corrected chi connectivity index (χ0v) is 10.4. The van der Waals surface area contributed by atoms with E-state index in [0.29, 0.717) is 0 Å². The number of imidazole rings is 1. The molecule has 1 aliphatic heterocycles. The summed E-state index contributed by atoms with van der Waals surface area (Å²) in [6.07, 6.45) is 5.02. The van der Waals surface area contributed by atoms with E-state index in [1.165, 1.54) is 32.0 Å². The fourth-order valence-corrected chi connectivity index (χ4v) is 2.18. The monoisotopic (exact) mass is 222 g/mol. The van der Waals surface area contributed by atoms with Gasteiger partial charge in [-0.05, 0) is 7.05 Å². The van der Waals surface area contributed by atoms with Crippen molar-refractivity contribution < 1.29 is 0 Å². The van der Waals surface area contributed by atoms with Crippen molar-refractivity contribution in [3.8, 4) is 0 Å². The van der Waals surface area contributed by atoms with Crippen LogP contribution in [-0.4, -0.2) is 59.1 Å². The zero-order valence-electron chi connectivity index (χ0n) is 10.4. The normalized spacial score (nSPS) is 19.1. The van der Waals surface area contributed by atoms with E-state index in [-0.39, 0.29) is 0 Å². The van der Waals surface area contributed by atoms with Crippen molar-refractivity contribution in [2.24, 2.45) is 0 Å². The molecule has 16 heavy (non-hydrogen) atoms. The van der Waals surface area contributed by atoms with Crippen LogP contribution < -0.4 is 0 Å². The first kappa shape index (κ1) is 11.6. The molecular formula is C12H22N4. The molecule has 1 fully saturated rings. The lowest BCUT2D eigenvalue weighted by molar-refractivity contribution is 0.150. The number of nitrogens with zero attached hydrogens (tertiary/aromatic N) is 4. The van der Waals surface area contributed by atoms with Crippen LogP contribution in [0, 0.1) is 0 Å². The summed E-state index contributed by atoms with van der Waals surface area (Å²) in [5, 5.41) is 0. The number of hydrogen-bond donors (Lipinski definition) is 0. The minimum Gasteiger partial charge on any atom is -0.334 e. The second-order valence-electron chi connectivity index (χ2n) is 4.54. The van der Waals surface area contributed by atoms with Crippen LogP contribution in [0.3, 0.4) is 0 Å². The standard InChI is InChI=1S/C12H22N4/c1-3-12-13-4-5-16(12)11-10-15-8-6-14(2)7-9-15/h4-5H,3,6-11H2,1-2H3. The van der Waals surface area contributed by atoms with Crippen molar-refractivity contribution in [2.45, 2.75) is 19.9 Å². The van der Waals surface area contributed by atoms with Gasteiger partial charge in [0, 0.05) is 58.1 Å². The highest BCUT2D eigenvalue weighted by Crippen LogP contribution is 2.02. The number of likely N-dealkylation sites (N-methyl/N-ethyl adjacent to an activating group) is 1. The summed E-state index contributed by atoms with van der Waals surface area (Å²) in [4.78, 5) is 9.28. The third-order valence-electron chi connectivity index (χ3n) is 3.37. The molecule has 90 valence electrons. The van der Waals surface area contributed by atoms with E-state index in [1.54, 1.807) is 0 Å². The fourth-order valence-electron chi connectivity index (χ4n) is 2.18. The molecule has 0 aromatic carbocycles. The summed E-state index contributed by atoms with van der Waals surface area (Å²) in [7, 11) is 2.20. The second-order valence-corrected chi connectivity index (χ2v) is 4.54. The number of rotatable bonds is 4. The summed E-state index contributed by atoms with van der Waals surface area (Å²) in [6, 6.07) is 0. The quantitative estimate of drug-likeness (QED) is 0.749. The van der Waals surface area contributed by atoms with Gasteiger partial charge < -0.3 is 9.47 Å². The first-order valence-corrected chi connectivity index (χ1v) is 6.20. The summed E-state index contributed by atoms with van der Waals surface area (Å²) in [6.45, 7) is 9.19. The van der Waals surface area contributed by atoms with Gasteiger partial charge in [0.15, 0.2) is 0 Å². The number of hydrogen-bond acceptors (Lipinski definition) is 3. The Bertz CT molecular complexity index is 313. The smallest absolute Gasteiger partial charge is 0.108 e. The topological polar surface area (TPSA) is 24.3 Å². The summed E-state index contributed by atoms with van der Waals surface area (Å²) < 4.78 is 2.28. The zero-order chi connectivity index (χ0) is 11.4. The second kappa shape index (κ2) is 5.46. The maximum Gasteiger partial charge on any atom is 0.108 e. The van der Waals surface area contributed by atoms with Crippen LogP contribution in [0.4, 0.5) is 0 Å². The molecule has 0 bridgehead atoms. The predicted octanol–water partition coefficient (Wildman–Crippen LogP) is 0.693. The van der Waals surface area contributed by atoms with E-state index in [2.05, 4.69) is 39.5 Å². The highest BCUT2D eigenvalue weighted by molar-refractivity contribution is 4.91. The van der Waals surface area contributed by atoms with Gasteiger partial charge in [-0.15, -0.1) is 0 Å². The Morgan fingerprint density at radius 1 is 1.19 bits per heavy atom. The van der Waals surface area contributed by atoms with Crippen LogP contribution in [0.15, 0.2) is 12.4 Å². The van der Waals surface area contributed by atoms with Crippen molar-refractivity contribution >= 4 is 0 Å². The molecule has 4 heteroatoms. The highest BCUT2D eigenvalue weighted by atomic mass is 15.3. The van der Waals surface area contributed by atoms with Crippen LogP contribution in [0.5, 0.6) is 0 Å². The van der Waals surface area contributed by atoms with E-state index in [0.717, 1.165) is 19.5 Å². The Balaban J connectivity index is 1.79. The molecule has 0 amide bonds. The molecule has 4 nitrogen and oxygen atoms in total. The van der Waals surface area contributed by atoms with Gasteiger partial charge in [-0.3, -0.25) is 4.90 Å². The molecule has 0 atom stereocenters. The Morgan fingerprint density at radius 3 is 2.62 bits per heavy atom. The largest absolute Gasteiger partial charge is 0.334 e. The molecule has 1 saturated heterocycles. The molecule has 0 aliphatic carbocycles. The van der Waals surface area contributed by atoms with Gasteiger partial charge in [0.1, 0.15) is 5.82 Å². The first-order chi connectivity index (χ1) is 7.79. The van der Waals surface area contributed by atoms with Gasteiger partial charge in [0.2, 0.25) is 0 Å². The molecule has 1 aliphatic rings. The van der Waals surface area contributed by atoms with Crippen molar-refractivity contribution in [2.75, 3.05) is 39.8 Å². The molecule has 2 heterocycles. The molecule has 2 rings (SSSR count). The molecule has 0 unspecified atom stereocenters. The third kappa shape index (κ3) is 2.83. The molecular weight excluding hydrogens is 200 g/mol. The molecule has 0 saturated carbocycles. The minimum absolute atomic E-state index is 1.02. The van der Waals surface area contributed by atoms with Gasteiger partial charge >= 0.3 is 0 Å². The summed E-state index contributed by atoms with van der Waals surface area (Å²) in [5.41, 5.74) is 0. The van der Waals surface area contributed by atoms with Crippen LogP contribution in [0.1, 0.15) is 12.7 Å². The summed E-state index contributed by atoms with van der Waals surface area (Å²) >= 11 is 0. The lowest BCUT2D eigenvalue weighted by Gasteiger charge is -2.32. The average molecular weight is 222 g/mol. The van der Waals surface area contributed by atoms with Crippen molar-refractivity contribution in [1.82, 2.24) is 19.4 Å². The number of piperazine rings is 1. The lowest BCUT2D eigenvalue weighted by Crippen LogP contribution is -2.45. The number of aryl methyl sites for hydroxylation is 1. The Kier molecular flexibility index (Phi) is 3.96. The number of aromatic nitrogens is 2. The molecule has 1 aromatic rings. The molecule has 1 aromatic heterocycles. The maximum absolute atomic E-state index is 4.35. The summed E-state index contributed by atoms with van der Waals surface area (Å²) in [5.74, 6) is 1.20. The SMILES string of the molecule is CCc1nccn1CCN1CCN(C)CC1. The van der Waals surface area contributed by atoms with Gasteiger partial charge in [-0.25, -0.2) is 4.98 Å². The fraction of sp³-hybridized carbons (Fsp3) is 0.750. The van der Waals surface area contributed by atoms with Crippen LogP contribution in [-0.2, 0) is 13.0 Å². The van der Waals surface area contributed by atoms with Crippen molar-refractivity contribution in [3.63, 3.8) is 0 Å². The maximum atomic E-state index is 4.35. The van der Waals surface area contributed by atoms with Gasteiger partial charge in [-0.2, -0.15) is 0 Å².